The molecule has 0 saturated carbocycles. The number of benzene rings is 2. The Bertz CT molecular complexity index is 1350. The van der Waals surface area contributed by atoms with Gasteiger partial charge in [-0.25, -0.2) is 4.98 Å². The smallest absolute Gasteiger partial charge is 0.285 e. The average molecular weight is 427 g/mol. The summed E-state index contributed by atoms with van der Waals surface area (Å²) in [5.41, 5.74) is 3.57. The first-order valence-corrected chi connectivity index (χ1v) is 10.8. The molecule has 31 heavy (non-hydrogen) atoms. The van der Waals surface area contributed by atoms with Gasteiger partial charge in [-0.15, -0.1) is 10.2 Å². The van der Waals surface area contributed by atoms with Crippen molar-refractivity contribution >= 4 is 28.2 Å². The minimum Gasteiger partial charge on any atom is -0.458 e. The fourth-order valence-corrected chi connectivity index (χ4v) is 4.86. The zero-order valence-corrected chi connectivity index (χ0v) is 17.2. The van der Waals surface area contributed by atoms with E-state index >= 15 is 0 Å². The molecule has 2 aromatic carbocycles. The number of amides is 1. The predicted molar refractivity (Wildman–Crippen MR) is 117 cm³/mol. The van der Waals surface area contributed by atoms with Gasteiger partial charge in [0.15, 0.2) is 0 Å². The van der Waals surface area contributed by atoms with Gasteiger partial charge in [0.05, 0.1) is 12.0 Å². The van der Waals surface area contributed by atoms with Gasteiger partial charge in [0, 0.05) is 29.6 Å². The van der Waals surface area contributed by atoms with Gasteiger partial charge in [-0.2, -0.15) is 0 Å². The molecule has 0 unspecified atom stereocenters. The van der Waals surface area contributed by atoms with E-state index in [-0.39, 0.29) is 5.91 Å². The molecular formula is C23H17N5O2S. The molecule has 0 saturated heterocycles. The van der Waals surface area contributed by atoms with Crippen LogP contribution < -0.4 is 0 Å². The SMILES string of the molecule is O=C(c1nnc(-c2ccccc2)s1)N1CCc2[nH]cnc2[C@H]1c1cc2ccccc2o1. The molecule has 1 amide bonds. The largest absolute Gasteiger partial charge is 0.458 e. The number of fused-ring (bicyclic) bond motifs is 2. The van der Waals surface area contributed by atoms with Gasteiger partial charge < -0.3 is 14.3 Å². The number of hydrogen-bond donors (Lipinski definition) is 1. The maximum atomic E-state index is 13.5. The molecule has 1 aliphatic heterocycles. The summed E-state index contributed by atoms with van der Waals surface area (Å²) < 4.78 is 6.14. The first-order chi connectivity index (χ1) is 15.3. The van der Waals surface area contributed by atoms with Crippen LogP contribution in [0.3, 0.4) is 0 Å². The Morgan fingerprint density at radius 1 is 1.10 bits per heavy atom. The highest BCUT2D eigenvalue weighted by Crippen LogP contribution is 2.37. The van der Waals surface area contributed by atoms with Crippen molar-refractivity contribution in [2.75, 3.05) is 6.54 Å². The van der Waals surface area contributed by atoms with Crippen LogP contribution in [0.2, 0.25) is 0 Å². The summed E-state index contributed by atoms with van der Waals surface area (Å²) in [6, 6.07) is 19.2. The Kier molecular flexibility index (Phi) is 4.17. The number of nitrogens with zero attached hydrogens (tertiary/aromatic N) is 4. The second-order valence-corrected chi connectivity index (χ2v) is 8.36. The number of hydrogen-bond acceptors (Lipinski definition) is 6. The Hall–Kier alpha value is -3.78. The molecule has 6 rings (SSSR count). The second kappa shape index (κ2) is 7.17. The minimum absolute atomic E-state index is 0.168. The fourth-order valence-electron chi connectivity index (χ4n) is 4.05. The molecule has 1 N–H and O–H groups in total. The van der Waals surface area contributed by atoms with E-state index in [9.17, 15) is 4.79 Å². The van der Waals surface area contributed by atoms with Crippen molar-refractivity contribution in [3.05, 3.63) is 89.1 Å². The first kappa shape index (κ1) is 18.0. The maximum absolute atomic E-state index is 13.5. The summed E-state index contributed by atoms with van der Waals surface area (Å²) in [4.78, 5) is 23.0. The Morgan fingerprint density at radius 2 is 1.94 bits per heavy atom. The predicted octanol–water partition coefficient (Wildman–Crippen LogP) is 4.46. The third-order valence-electron chi connectivity index (χ3n) is 5.53. The number of H-pyrrole nitrogens is 1. The molecule has 0 radical (unpaired) electrons. The summed E-state index contributed by atoms with van der Waals surface area (Å²) in [5.74, 6) is 0.522. The molecule has 0 spiro atoms. The Labute approximate surface area is 181 Å². The average Bonchev–Trinajstić information content (AvgIpc) is 3.57. The highest BCUT2D eigenvalue weighted by molar-refractivity contribution is 7.16. The van der Waals surface area contributed by atoms with E-state index in [0.29, 0.717) is 23.7 Å². The number of furan rings is 1. The van der Waals surface area contributed by atoms with Gasteiger partial charge in [0.25, 0.3) is 5.91 Å². The van der Waals surface area contributed by atoms with Crippen LogP contribution in [-0.2, 0) is 6.42 Å². The van der Waals surface area contributed by atoms with E-state index in [1.165, 1.54) is 11.3 Å². The van der Waals surface area contributed by atoms with Crippen LogP contribution in [-0.4, -0.2) is 37.5 Å². The molecule has 3 aromatic heterocycles. The number of imidazole rings is 1. The standard InChI is InChI=1S/C23H17N5O2S/c29-23(22-27-26-21(31-22)14-6-2-1-3-7-14)28-11-10-16-19(25-13-24-16)20(28)18-12-15-8-4-5-9-17(15)30-18/h1-9,12-13,20H,10-11H2,(H,24,25)/t20-/m1/s1. The highest BCUT2D eigenvalue weighted by atomic mass is 32.1. The molecule has 4 heterocycles. The van der Waals surface area contributed by atoms with Crippen LogP contribution in [0.15, 0.2) is 71.4 Å². The van der Waals surface area contributed by atoms with Crippen LogP contribution in [0.5, 0.6) is 0 Å². The molecule has 0 bridgehead atoms. The third-order valence-corrected chi connectivity index (χ3v) is 6.49. The maximum Gasteiger partial charge on any atom is 0.285 e. The topological polar surface area (TPSA) is 87.9 Å². The number of carbonyl (C=O) groups excluding carboxylic acids is 1. The third kappa shape index (κ3) is 3.03. The van der Waals surface area contributed by atoms with Crippen molar-refractivity contribution in [3.63, 3.8) is 0 Å². The van der Waals surface area contributed by atoms with Gasteiger partial charge in [0.1, 0.15) is 22.4 Å². The van der Waals surface area contributed by atoms with Crippen molar-refractivity contribution in [1.29, 1.82) is 0 Å². The lowest BCUT2D eigenvalue weighted by molar-refractivity contribution is 0.0671. The lowest BCUT2D eigenvalue weighted by atomic mass is 10.00. The van der Waals surface area contributed by atoms with Gasteiger partial charge in [-0.3, -0.25) is 4.79 Å². The molecule has 5 aromatic rings. The molecule has 7 nitrogen and oxygen atoms in total. The summed E-state index contributed by atoms with van der Waals surface area (Å²) in [5, 5.41) is 10.5. The monoisotopic (exact) mass is 427 g/mol. The molecular weight excluding hydrogens is 410 g/mol. The van der Waals surface area contributed by atoms with Crippen molar-refractivity contribution in [3.8, 4) is 10.6 Å². The number of rotatable bonds is 3. The number of aromatic nitrogens is 4. The minimum atomic E-state index is -0.418. The van der Waals surface area contributed by atoms with E-state index < -0.39 is 6.04 Å². The summed E-state index contributed by atoms with van der Waals surface area (Å²) in [7, 11) is 0. The van der Waals surface area contributed by atoms with Crippen molar-refractivity contribution < 1.29 is 9.21 Å². The van der Waals surface area contributed by atoms with Gasteiger partial charge in [0.2, 0.25) is 5.01 Å². The van der Waals surface area contributed by atoms with Crippen molar-refractivity contribution in [1.82, 2.24) is 25.1 Å². The highest BCUT2D eigenvalue weighted by Gasteiger charge is 2.37. The molecule has 8 heteroatoms. The summed E-state index contributed by atoms with van der Waals surface area (Å²) in [6.45, 7) is 0.538. The molecule has 152 valence electrons. The fraction of sp³-hybridized carbons (Fsp3) is 0.130. The normalized spacial score (nSPS) is 15.9. The zero-order chi connectivity index (χ0) is 20.8. The van der Waals surface area contributed by atoms with Crippen LogP contribution >= 0.6 is 11.3 Å². The van der Waals surface area contributed by atoms with E-state index in [4.69, 9.17) is 4.42 Å². The van der Waals surface area contributed by atoms with E-state index in [1.54, 1.807) is 11.2 Å². The zero-order valence-electron chi connectivity index (χ0n) is 16.4. The summed E-state index contributed by atoms with van der Waals surface area (Å²) in [6.07, 6.45) is 2.37. The molecule has 0 fully saturated rings. The van der Waals surface area contributed by atoms with Crippen LogP contribution in [0, 0.1) is 0 Å². The second-order valence-electron chi connectivity index (χ2n) is 7.38. The van der Waals surface area contributed by atoms with Crippen LogP contribution in [0.4, 0.5) is 0 Å². The van der Waals surface area contributed by atoms with Crippen LogP contribution in [0.25, 0.3) is 21.5 Å². The molecule has 0 aliphatic carbocycles. The van der Waals surface area contributed by atoms with E-state index in [2.05, 4.69) is 20.2 Å². The number of carbonyl (C=O) groups is 1. The summed E-state index contributed by atoms with van der Waals surface area (Å²) >= 11 is 1.30. The van der Waals surface area contributed by atoms with Crippen LogP contribution in [0.1, 0.15) is 33.0 Å². The van der Waals surface area contributed by atoms with Crippen molar-refractivity contribution in [2.24, 2.45) is 0 Å². The van der Waals surface area contributed by atoms with Gasteiger partial charge >= 0.3 is 0 Å². The van der Waals surface area contributed by atoms with Gasteiger partial charge in [-0.1, -0.05) is 59.9 Å². The quantitative estimate of drug-likeness (QED) is 0.459. The Morgan fingerprint density at radius 3 is 2.81 bits per heavy atom. The lowest BCUT2D eigenvalue weighted by Gasteiger charge is -2.33. The van der Waals surface area contributed by atoms with Crippen molar-refractivity contribution in [2.45, 2.75) is 12.5 Å². The number of para-hydroxylation sites is 1. The Balaban J connectivity index is 1.40. The number of nitrogens with one attached hydrogen (secondary N) is 1. The first-order valence-electron chi connectivity index (χ1n) is 9.98. The van der Waals surface area contributed by atoms with E-state index in [1.807, 2.05) is 60.7 Å². The molecule has 1 aliphatic rings. The lowest BCUT2D eigenvalue weighted by Crippen LogP contribution is -2.40. The van der Waals surface area contributed by atoms with E-state index in [0.717, 1.165) is 32.9 Å². The number of aromatic amines is 1. The molecule has 1 atom stereocenters. The van der Waals surface area contributed by atoms with Gasteiger partial charge in [-0.05, 0) is 12.1 Å².